The van der Waals surface area contributed by atoms with Crippen LogP contribution >= 0.6 is 22.9 Å². The topological polar surface area (TPSA) is 83.4 Å². The molecular formula is C21H17ClFN3O3S. The zero-order valence-corrected chi connectivity index (χ0v) is 17.7. The van der Waals surface area contributed by atoms with Crippen LogP contribution in [0.3, 0.4) is 0 Å². The third kappa shape index (κ3) is 3.46. The van der Waals surface area contributed by atoms with Crippen molar-refractivity contribution in [3.05, 3.63) is 64.4 Å². The maximum absolute atomic E-state index is 13.9. The third-order valence-corrected chi connectivity index (χ3v) is 6.03. The molecule has 9 heteroatoms. The van der Waals surface area contributed by atoms with E-state index in [1.807, 2.05) is 13.8 Å². The first-order chi connectivity index (χ1) is 14.3. The molecule has 0 saturated carbocycles. The summed E-state index contributed by atoms with van der Waals surface area (Å²) in [5.41, 5.74) is 0.997. The van der Waals surface area contributed by atoms with Crippen LogP contribution in [0.15, 0.2) is 48.0 Å². The van der Waals surface area contributed by atoms with Crippen molar-refractivity contribution in [2.24, 2.45) is 5.92 Å². The maximum atomic E-state index is 13.9. The van der Waals surface area contributed by atoms with E-state index in [1.165, 1.54) is 23.2 Å². The summed E-state index contributed by atoms with van der Waals surface area (Å²) in [5.74, 6) is -2.20. The van der Waals surface area contributed by atoms with Crippen LogP contribution in [-0.4, -0.2) is 26.8 Å². The minimum Gasteiger partial charge on any atom is -0.503 e. The van der Waals surface area contributed by atoms with Crippen molar-refractivity contribution in [1.29, 1.82) is 0 Å². The van der Waals surface area contributed by atoms with Gasteiger partial charge in [-0.25, -0.2) is 9.37 Å². The molecule has 3 aromatic rings. The largest absolute Gasteiger partial charge is 0.503 e. The minimum absolute atomic E-state index is 0.0187. The molecule has 1 atom stereocenters. The van der Waals surface area contributed by atoms with Gasteiger partial charge in [0, 0.05) is 18.8 Å². The summed E-state index contributed by atoms with van der Waals surface area (Å²) in [6, 6.07) is 5.16. The summed E-state index contributed by atoms with van der Waals surface area (Å²) < 4.78 is 14.4. The molecule has 0 bridgehead atoms. The number of Topliss-reactive ketones (excluding diaryl/α,β-unsaturated/α-hetero) is 1. The van der Waals surface area contributed by atoms with E-state index >= 15 is 0 Å². The Kier molecular flexibility index (Phi) is 5.29. The molecule has 30 heavy (non-hydrogen) atoms. The van der Waals surface area contributed by atoms with E-state index in [1.54, 1.807) is 18.3 Å². The number of hydrogen-bond donors (Lipinski definition) is 1. The number of ketones is 1. The molecule has 0 saturated heterocycles. The fraction of sp³-hybridized carbons (Fsp3) is 0.238. The smallest absolute Gasteiger partial charge is 0.296 e. The van der Waals surface area contributed by atoms with Gasteiger partial charge in [0.25, 0.3) is 5.91 Å². The van der Waals surface area contributed by atoms with Crippen LogP contribution in [0.2, 0.25) is 5.02 Å². The highest BCUT2D eigenvalue weighted by Gasteiger charge is 2.45. The van der Waals surface area contributed by atoms with Crippen LogP contribution in [0.5, 0.6) is 0 Å². The number of pyridine rings is 1. The first-order valence-corrected chi connectivity index (χ1v) is 10.4. The fourth-order valence-electron chi connectivity index (χ4n) is 3.44. The Morgan fingerprint density at radius 2 is 2.17 bits per heavy atom. The number of amides is 1. The first kappa shape index (κ1) is 20.4. The second kappa shape index (κ2) is 7.77. The van der Waals surface area contributed by atoms with Gasteiger partial charge in [-0.3, -0.25) is 19.5 Å². The van der Waals surface area contributed by atoms with Gasteiger partial charge in [0.15, 0.2) is 16.7 Å². The van der Waals surface area contributed by atoms with Crippen LogP contribution in [0.25, 0.3) is 10.2 Å². The lowest BCUT2D eigenvalue weighted by molar-refractivity contribution is -0.118. The Bertz CT molecular complexity index is 1150. The molecule has 1 unspecified atom stereocenters. The van der Waals surface area contributed by atoms with E-state index < -0.39 is 23.5 Å². The van der Waals surface area contributed by atoms with Crippen LogP contribution < -0.4 is 4.90 Å². The van der Waals surface area contributed by atoms with Gasteiger partial charge >= 0.3 is 0 Å². The van der Waals surface area contributed by atoms with Gasteiger partial charge in [-0.2, -0.15) is 0 Å². The van der Waals surface area contributed by atoms with E-state index in [9.17, 15) is 19.1 Å². The number of nitrogens with zero attached hydrogens (tertiary/aromatic N) is 3. The number of benzene rings is 1. The molecule has 1 N–H and O–H groups in total. The molecular weight excluding hydrogens is 429 g/mol. The number of carbonyl (C=O) groups is 2. The molecule has 1 amide bonds. The SMILES string of the molecule is CC(C)CC(=O)C1=C(O)C(=O)N(c2nc3cc(Cl)c(F)cc3s2)C1c1cccnc1. The number of anilines is 1. The Balaban J connectivity index is 1.86. The number of rotatable bonds is 5. The van der Waals surface area contributed by atoms with E-state index in [2.05, 4.69) is 9.97 Å². The molecule has 1 aliphatic heterocycles. The highest BCUT2D eigenvalue weighted by atomic mass is 35.5. The molecule has 0 spiro atoms. The molecule has 0 fully saturated rings. The van der Waals surface area contributed by atoms with Gasteiger partial charge in [0.05, 0.1) is 26.9 Å². The normalized spacial score (nSPS) is 16.9. The quantitative estimate of drug-likeness (QED) is 0.597. The number of aromatic nitrogens is 2. The number of hydrogen-bond acceptors (Lipinski definition) is 6. The van der Waals surface area contributed by atoms with Crippen molar-refractivity contribution >= 4 is 50.0 Å². The fourth-order valence-corrected chi connectivity index (χ4v) is 4.59. The summed E-state index contributed by atoms with van der Waals surface area (Å²) in [4.78, 5) is 35.7. The average molecular weight is 446 g/mol. The van der Waals surface area contributed by atoms with E-state index in [4.69, 9.17) is 11.6 Å². The summed E-state index contributed by atoms with van der Waals surface area (Å²) in [5, 5.41) is 10.8. The second-order valence-electron chi connectivity index (χ2n) is 7.38. The highest BCUT2D eigenvalue weighted by Crippen LogP contribution is 2.44. The van der Waals surface area contributed by atoms with Gasteiger partial charge in [-0.1, -0.05) is 42.9 Å². The van der Waals surface area contributed by atoms with Crippen LogP contribution in [0.1, 0.15) is 31.9 Å². The van der Waals surface area contributed by atoms with E-state index in [0.29, 0.717) is 15.8 Å². The molecule has 1 aliphatic rings. The number of fused-ring (bicyclic) bond motifs is 1. The first-order valence-electron chi connectivity index (χ1n) is 9.23. The van der Waals surface area contributed by atoms with Crippen molar-refractivity contribution in [2.45, 2.75) is 26.3 Å². The van der Waals surface area contributed by atoms with Gasteiger partial charge < -0.3 is 5.11 Å². The summed E-state index contributed by atoms with van der Waals surface area (Å²) in [6.07, 6.45) is 3.29. The number of aliphatic hydroxyl groups excluding tert-OH is 1. The standard InChI is InChI=1S/C21H17ClFN3O3S/c1-10(2)6-15(27)17-18(11-4-3-5-24-9-11)26(20(29)19(17)28)21-25-14-7-12(22)13(23)8-16(14)30-21/h3-5,7-10,18,28H,6H2,1-2H3. The minimum atomic E-state index is -0.877. The lowest BCUT2D eigenvalue weighted by atomic mass is 9.93. The predicted octanol–water partition coefficient (Wildman–Crippen LogP) is 5.00. The monoisotopic (exact) mass is 445 g/mol. The van der Waals surface area contributed by atoms with Crippen molar-refractivity contribution in [3.8, 4) is 0 Å². The number of halogens is 2. The second-order valence-corrected chi connectivity index (χ2v) is 8.79. The van der Waals surface area contributed by atoms with Gasteiger partial charge in [-0.05, 0) is 29.7 Å². The van der Waals surface area contributed by atoms with Gasteiger partial charge in [-0.15, -0.1) is 0 Å². The summed E-state index contributed by atoms with van der Waals surface area (Å²) in [7, 11) is 0. The summed E-state index contributed by atoms with van der Waals surface area (Å²) in [6.45, 7) is 3.77. The molecule has 0 aliphatic carbocycles. The molecule has 3 heterocycles. The Labute approximate surface area is 180 Å². The molecule has 154 valence electrons. The Morgan fingerprint density at radius 3 is 2.83 bits per heavy atom. The van der Waals surface area contributed by atoms with Crippen molar-refractivity contribution in [3.63, 3.8) is 0 Å². The van der Waals surface area contributed by atoms with Crippen molar-refractivity contribution in [2.75, 3.05) is 4.90 Å². The zero-order chi connectivity index (χ0) is 21.6. The predicted molar refractivity (Wildman–Crippen MR) is 113 cm³/mol. The maximum Gasteiger partial charge on any atom is 0.296 e. The van der Waals surface area contributed by atoms with Crippen LogP contribution in [0.4, 0.5) is 9.52 Å². The molecule has 6 nitrogen and oxygen atoms in total. The Hall–Kier alpha value is -2.84. The molecule has 0 radical (unpaired) electrons. The van der Waals surface area contributed by atoms with Crippen LogP contribution in [0, 0.1) is 11.7 Å². The average Bonchev–Trinajstić information content (AvgIpc) is 3.20. The lowest BCUT2D eigenvalue weighted by Gasteiger charge is -2.24. The number of thiazole rings is 1. The van der Waals surface area contributed by atoms with E-state index in [0.717, 1.165) is 11.3 Å². The van der Waals surface area contributed by atoms with Gasteiger partial charge in [0.2, 0.25) is 0 Å². The summed E-state index contributed by atoms with van der Waals surface area (Å²) >= 11 is 6.93. The third-order valence-electron chi connectivity index (χ3n) is 4.73. The lowest BCUT2D eigenvalue weighted by Crippen LogP contribution is -2.31. The van der Waals surface area contributed by atoms with E-state index in [-0.39, 0.29) is 33.8 Å². The zero-order valence-electron chi connectivity index (χ0n) is 16.1. The number of carbonyl (C=O) groups excluding carboxylic acids is 2. The molecule has 1 aromatic carbocycles. The highest BCUT2D eigenvalue weighted by molar-refractivity contribution is 7.22. The number of aliphatic hydroxyl groups is 1. The van der Waals surface area contributed by atoms with Gasteiger partial charge in [0.1, 0.15) is 5.82 Å². The molecule has 2 aromatic heterocycles. The van der Waals surface area contributed by atoms with Crippen molar-refractivity contribution < 1.29 is 19.1 Å². The Morgan fingerprint density at radius 1 is 1.40 bits per heavy atom. The van der Waals surface area contributed by atoms with Crippen molar-refractivity contribution in [1.82, 2.24) is 9.97 Å². The molecule has 4 rings (SSSR count). The van der Waals surface area contributed by atoms with Crippen LogP contribution in [-0.2, 0) is 9.59 Å².